The number of nitrogens with one attached hydrogen (secondary N) is 1. The Bertz CT molecular complexity index is 218. The summed E-state index contributed by atoms with van der Waals surface area (Å²) in [6.45, 7) is 10.3. The van der Waals surface area contributed by atoms with Gasteiger partial charge >= 0.3 is 0 Å². The SMILES string of the molecule is CC(C)CC(CN)CC(=O)NCCCOC(C)C. The molecule has 1 unspecified atom stereocenters. The van der Waals surface area contributed by atoms with Crippen molar-refractivity contribution in [2.75, 3.05) is 19.7 Å². The van der Waals surface area contributed by atoms with Crippen LogP contribution in [0.1, 0.15) is 47.0 Å². The monoisotopic (exact) mass is 258 g/mol. The first kappa shape index (κ1) is 17.4. The highest BCUT2D eigenvalue weighted by molar-refractivity contribution is 5.76. The fourth-order valence-corrected chi connectivity index (χ4v) is 1.88. The van der Waals surface area contributed by atoms with E-state index in [1.807, 2.05) is 13.8 Å². The Morgan fingerprint density at radius 2 is 1.94 bits per heavy atom. The Balaban J connectivity index is 3.62. The van der Waals surface area contributed by atoms with Crippen molar-refractivity contribution in [3.05, 3.63) is 0 Å². The molecule has 0 heterocycles. The molecule has 3 N–H and O–H groups in total. The van der Waals surface area contributed by atoms with Gasteiger partial charge in [0.15, 0.2) is 0 Å². The molecule has 4 nitrogen and oxygen atoms in total. The molecule has 1 amide bonds. The van der Waals surface area contributed by atoms with Crippen molar-refractivity contribution < 1.29 is 9.53 Å². The predicted octanol–water partition coefficient (Wildman–Crippen LogP) is 1.93. The number of carbonyl (C=O) groups is 1. The van der Waals surface area contributed by atoms with Gasteiger partial charge in [0.05, 0.1) is 6.10 Å². The second-order valence-corrected chi connectivity index (χ2v) is 5.56. The van der Waals surface area contributed by atoms with Gasteiger partial charge in [-0.3, -0.25) is 4.79 Å². The Morgan fingerprint density at radius 1 is 1.28 bits per heavy atom. The van der Waals surface area contributed by atoms with Gasteiger partial charge in [0.1, 0.15) is 0 Å². The molecule has 0 aliphatic carbocycles. The van der Waals surface area contributed by atoms with Crippen LogP contribution in [0.4, 0.5) is 0 Å². The highest BCUT2D eigenvalue weighted by Gasteiger charge is 2.13. The van der Waals surface area contributed by atoms with Gasteiger partial charge < -0.3 is 15.8 Å². The van der Waals surface area contributed by atoms with E-state index in [-0.39, 0.29) is 12.0 Å². The average molecular weight is 258 g/mol. The first-order valence-corrected chi connectivity index (χ1v) is 7.04. The van der Waals surface area contributed by atoms with E-state index in [2.05, 4.69) is 19.2 Å². The van der Waals surface area contributed by atoms with E-state index in [0.717, 1.165) is 12.8 Å². The summed E-state index contributed by atoms with van der Waals surface area (Å²) in [6.07, 6.45) is 2.68. The smallest absolute Gasteiger partial charge is 0.220 e. The van der Waals surface area contributed by atoms with Crippen molar-refractivity contribution in [2.24, 2.45) is 17.6 Å². The van der Waals surface area contributed by atoms with Gasteiger partial charge in [-0.25, -0.2) is 0 Å². The normalized spacial score (nSPS) is 13.1. The summed E-state index contributed by atoms with van der Waals surface area (Å²) < 4.78 is 5.41. The summed E-state index contributed by atoms with van der Waals surface area (Å²) in [6, 6.07) is 0. The van der Waals surface area contributed by atoms with Crippen LogP contribution < -0.4 is 11.1 Å². The Morgan fingerprint density at radius 3 is 2.44 bits per heavy atom. The van der Waals surface area contributed by atoms with Crippen LogP contribution in [0.2, 0.25) is 0 Å². The number of nitrogens with two attached hydrogens (primary N) is 1. The van der Waals surface area contributed by atoms with Gasteiger partial charge in [-0.05, 0) is 45.1 Å². The third kappa shape index (κ3) is 10.5. The fourth-order valence-electron chi connectivity index (χ4n) is 1.88. The van der Waals surface area contributed by atoms with Crippen LogP contribution in [0.5, 0.6) is 0 Å². The number of rotatable bonds is 10. The molecule has 0 bridgehead atoms. The quantitative estimate of drug-likeness (QED) is 0.588. The highest BCUT2D eigenvalue weighted by atomic mass is 16.5. The molecule has 0 saturated carbocycles. The van der Waals surface area contributed by atoms with E-state index >= 15 is 0 Å². The van der Waals surface area contributed by atoms with Crippen molar-refractivity contribution in [3.63, 3.8) is 0 Å². The average Bonchev–Trinajstić information content (AvgIpc) is 2.26. The lowest BCUT2D eigenvalue weighted by molar-refractivity contribution is -0.122. The van der Waals surface area contributed by atoms with Crippen LogP contribution in [-0.4, -0.2) is 31.7 Å². The summed E-state index contributed by atoms with van der Waals surface area (Å²) in [7, 11) is 0. The Kier molecular flexibility index (Phi) is 9.98. The Hall–Kier alpha value is -0.610. The van der Waals surface area contributed by atoms with Gasteiger partial charge in [0, 0.05) is 19.6 Å². The molecule has 0 saturated heterocycles. The number of carbonyl (C=O) groups excluding carboxylic acids is 1. The molecule has 0 radical (unpaired) electrons. The molecular formula is C14H30N2O2. The lowest BCUT2D eigenvalue weighted by Crippen LogP contribution is -2.30. The standard InChI is InChI=1S/C14H30N2O2/c1-11(2)8-13(10-15)9-14(17)16-6-5-7-18-12(3)4/h11-13H,5-10,15H2,1-4H3,(H,16,17). The van der Waals surface area contributed by atoms with Crippen LogP contribution in [0.25, 0.3) is 0 Å². The van der Waals surface area contributed by atoms with Crippen LogP contribution in [-0.2, 0) is 9.53 Å². The van der Waals surface area contributed by atoms with E-state index in [1.165, 1.54) is 0 Å². The minimum Gasteiger partial charge on any atom is -0.379 e. The summed E-state index contributed by atoms with van der Waals surface area (Å²) in [5.74, 6) is 0.998. The molecule has 0 spiro atoms. The largest absolute Gasteiger partial charge is 0.379 e. The van der Waals surface area contributed by atoms with E-state index in [9.17, 15) is 4.79 Å². The molecule has 0 rings (SSSR count). The maximum absolute atomic E-state index is 11.7. The first-order chi connectivity index (χ1) is 8.45. The van der Waals surface area contributed by atoms with Crippen molar-refractivity contribution in [1.82, 2.24) is 5.32 Å². The minimum atomic E-state index is 0.107. The zero-order valence-electron chi connectivity index (χ0n) is 12.4. The minimum absolute atomic E-state index is 0.107. The van der Waals surface area contributed by atoms with Crippen LogP contribution >= 0.6 is 0 Å². The van der Waals surface area contributed by atoms with Gasteiger partial charge in [0.2, 0.25) is 5.91 Å². The predicted molar refractivity (Wildman–Crippen MR) is 75.3 cm³/mol. The zero-order valence-corrected chi connectivity index (χ0v) is 12.4. The number of amides is 1. The summed E-state index contributed by atoms with van der Waals surface area (Å²) in [5, 5.41) is 2.92. The number of hydrogen-bond acceptors (Lipinski definition) is 3. The summed E-state index contributed by atoms with van der Waals surface area (Å²) >= 11 is 0. The molecule has 0 aromatic rings. The van der Waals surface area contributed by atoms with Crippen LogP contribution in [0, 0.1) is 11.8 Å². The molecule has 18 heavy (non-hydrogen) atoms. The zero-order chi connectivity index (χ0) is 14.0. The fraction of sp³-hybridized carbons (Fsp3) is 0.929. The van der Waals surface area contributed by atoms with Gasteiger partial charge in [-0.2, -0.15) is 0 Å². The van der Waals surface area contributed by atoms with Crippen LogP contribution in [0.3, 0.4) is 0 Å². The molecule has 0 aliphatic rings. The third-order valence-electron chi connectivity index (χ3n) is 2.71. The van der Waals surface area contributed by atoms with Crippen LogP contribution in [0.15, 0.2) is 0 Å². The van der Waals surface area contributed by atoms with Crippen molar-refractivity contribution >= 4 is 5.91 Å². The first-order valence-electron chi connectivity index (χ1n) is 7.04. The number of ether oxygens (including phenoxy) is 1. The molecule has 4 heteroatoms. The number of hydrogen-bond donors (Lipinski definition) is 2. The molecule has 0 aromatic heterocycles. The maximum atomic E-state index is 11.7. The lowest BCUT2D eigenvalue weighted by Gasteiger charge is -2.16. The second-order valence-electron chi connectivity index (χ2n) is 5.56. The Labute approximate surface area is 112 Å². The van der Waals surface area contributed by atoms with E-state index in [4.69, 9.17) is 10.5 Å². The maximum Gasteiger partial charge on any atom is 0.220 e. The van der Waals surface area contributed by atoms with E-state index in [0.29, 0.717) is 38.0 Å². The third-order valence-corrected chi connectivity index (χ3v) is 2.71. The van der Waals surface area contributed by atoms with Crippen molar-refractivity contribution in [2.45, 2.75) is 53.1 Å². The summed E-state index contributed by atoms with van der Waals surface area (Å²) in [5.41, 5.74) is 5.68. The van der Waals surface area contributed by atoms with Gasteiger partial charge in [-0.1, -0.05) is 13.8 Å². The second kappa shape index (κ2) is 10.3. The van der Waals surface area contributed by atoms with Crippen molar-refractivity contribution in [3.8, 4) is 0 Å². The molecular weight excluding hydrogens is 228 g/mol. The van der Waals surface area contributed by atoms with Crippen molar-refractivity contribution in [1.29, 1.82) is 0 Å². The molecule has 1 atom stereocenters. The molecule has 0 fully saturated rings. The summed E-state index contributed by atoms with van der Waals surface area (Å²) in [4.78, 5) is 11.7. The topological polar surface area (TPSA) is 64.4 Å². The molecule has 0 aromatic carbocycles. The van der Waals surface area contributed by atoms with Gasteiger partial charge in [-0.15, -0.1) is 0 Å². The van der Waals surface area contributed by atoms with E-state index < -0.39 is 0 Å². The molecule has 108 valence electrons. The highest BCUT2D eigenvalue weighted by Crippen LogP contribution is 2.13. The van der Waals surface area contributed by atoms with E-state index in [1.54, 1.807) is 0 Å². The van der Waals surface area contributed by atoms with Gasteiger partial charge in [0.25, 0.3) is 0 Å². The molecule has 0 aliphatic heterocycles. The lowest BCUT2D eigenvalue weighted by atomic mass is 9.94.